The fraction of sp³-hybridized carbons (Fsp3) is 0.294. The van der Waals surface area contributed by atoms with Gasteiger partial charge in [0, 0.05) is 42.6 Å². The fourth-order valence-corrected chi connectivity index (χ4v) is 5.53. The molecule has 3 nitrogen and oxygen atoms in total. The molecule has 0 spiro atoms. The molecule has 0 aliphatic rings. The number of anilines is 1. The van der Waals surface area contributed by atoms with Gasteiger partial charge >= 0.3 is 6.18 Å². The highest BCUT2D eigenvalue weighted by Crippen LogP contribution is 2.37. The summed E-state index contributed by atoms with van der Waals surface area (Å²) in [4.78, 5) is 2.17. The predicted molar refractivity (Wildman–Crippen MR) is 169 cm³/mol. The maximum Gasteiger partial charge on any atom is 0.417 e. The highest BCUT2D eigenvalue weighted by atomic mass is 35.5. The van der Waals surface area contributed by atoms with Crippen molar-refractivity contribution >= 4 is 29.2 Å². The molecule has 0 radical (unpaired) electrons. The molecule has 0 heterocycles. The standard InChI is InChI=1S/C34H36ClF3N2OS/c1-25(2)42-39-29-17-10-18-30(22-29)41-21-11-20-40(23-28-16-9-19-32(33(28)35)34(36,37)38)24-31(26-12-5-3-6-13-26)27-14-7-4-8-15-27/h3-10,12-19,22,25,31,39H,11,20-21,23-24H2,1-2H3. The topological polar surface area (TPSA) is 24.5 Å². The molecule has 0 saturated heterocycles. The summed E-state index contributed by atoms with van der Waals surface area (Å²) >= 11 is 7.97. The summed E-state index contributed by atoms with van der Waals surface area (Å²) in [6.07, 6.45) is -3.83. The van der Waals surface area contributed by atoms with Crippen molar-refractivity contribution in [3.63, 3.8) is 0 Å². The summed E-state index contributed by atoms with van der Waals surface area (Å²) in [5.74, 6) is 0.794. The third-order valence-corrected chi connectivity index (χ3v) is 8.03. The SMILES string of the molecule is CC(C)SNc1cccc(OCCCN(Cc2cccc(C(F)(F)F)c2Cl)CC(c2ccccc2)c2ccccc2)c1. The number of hydrogen-bond acceptors (Lipinski definition) is 4. The molecule has 0 amide bonds. The van der Waals surface area contributed by atoms with Gasteiger partial charge in [-0.3, -0.25) is 4.90 Å². The van der Waals surface area contributed by atoms with Crippen molar-refractivity contribution in [1.82, 2.24) is 4.90 Å². The van der Waals surface area contributed by atoms with E-state index in [0.29, 0.717) is 36.9 Å². The summed E-state index contributed by atoms with van der Waals surface area (Å²) < 4.78 is 50.3. The molecular weight excluding hydrogens is 577 g/mol. The minimum atomic E-state index is -4.51. The molecule has 0 aromatic heterocycles. The molecule has 0 fully saturated rings. The summed E-state index contributed by atoms with van der Waals surface area (Å²) in [6.45, 7) is 6.21. The van der Waals surface area contributed by atoms with Crippen molar-refractivity contribution < 1.29 is 17.9 Å². The van der Waals surface area contributed by atoms with Gasteiger partial charge in [0.05, 0.1) is 17.2 Å². The summed E-state index contributed by atoms with van der Waals surface area (Å²) in [6, 6.07) is 32.3. The normalized spacial score (nSPS) is 11.8. The Bertz CT molecular complexity index is 1350. The van der Waals surface area contributed by atoms with Gasteiger partial charge in [-0.25, -0.2) is 0 Å². The molecule has 0 aliphatic heterocycles. The first-order chi connectivity index (χ1) is 20.2. The molecule has 0 unspecified atom stereocenters. The molecule has 4 aromatic carbocycles. The highest BCUT2D eigenvalue weighted by Gasteiger charge is 2.34. The zero-order chi connectivity index (χ0) is 30.0. The first kappa shape index (κ1) is 31.8. The lowest BCUT2D eigenvalue weighted by molar-refractivity contribution is -0.137. The number of ether oxygens (including phenoxy) is 1. The Labute approximate surface area is 256 Å². The van der Waals surface area contributed by atoms with E-state index in [0.717, 1.165) is 28.6 Å². The zero-order valence-corrected chi connectivity index (χ0v) is 25.4. The van der Waals surface area contributed by atoms with Crippen LogP contribution in [0, 0.1) is 0 Å². The van der Waals surface area contributed by atoms with Crippen LogP contribution in [-0.2, 0) is 12.7 Å². The Morgan fingerprint density at radius 3 is 2.12 bits per heavy atom. The van der Waals surface area contributed by atoms with Crippen molar-refractivity contribution in [3.8, 4) is 5.75 Å². The fourth-order valence-electron chi connectivity index (χ4n) is 4.74. The van der Waals surface area contributed by atoms with Crippen LogP contribution in [-0.4, -0.2) is 29.8 Å². The monoisotopic (exact) mass is 612 g/mol. The van der Waals surface area contributed by atoms with E-state index in [1.54, 1.807) is 18.0 Å². The van der Waals surface area contributed by atoms with Gasteiger partial charge in [-0.05, 0) is 53.3 Å². The third kappa shape index (κ3) is 9.45. The van der Waals surface area contributed by atoms with Crippen molar-refractivity contribution in [3.05, 3.63) is 130 Å². The molecule has 8 heteroatoms. The van der Waals surface area contributed by atoms with Crippen molar-refractivity contribution in [2.45, 2.75) is 44.2 Å². The average molecular weight is 613 g/mol. The smallest absolute Gasteiger partial charge is 0.417 e. The van der Waals surface area contributed by atoms with Crippen LogP contribution in [0.2, 0.25) is 5.02 Å². The number of rotatable bonds is 14. The summed E-state index contributed by atoms with van der Waals surface area (Å²) in [7, 11) is 0. The van der Waals surface area contributed by atoms with E-state index in [-0.39, 0.29) is 17.5 Å². The number of alkyl halides is 3. The second-order valence-corrected chi connectivity index (χ2v) is 12.1. The van der Waals surface area contributed by atoms with E-state index in [1.165, 1.54) is 6.07 Å². The predicted octanol–water partition coefficient (Wildman–Crippen LogP) is 9.93. The van der Waals surface area contributed by atoms with E-state index in [1.807, 2.05) is 60.7 Å². The van der Waals surface area contributed by atoms with Crippen LogP contribution >= 0.6 is 23.5 Å². The number of hydrogen-bond donors (Lipinski definition) is 1. The second kappa shape index (κ2) is 15.4. The van der Waals surface area contributed by atoms with Crippen LogP contribution in [0.1, 0.15) is 48.4 Å². The molecule has 42 heavy (non-hydrogen) atoms. The van der Waals surface area contributed by atoms with Crippen molar-refractivity contribution in [2.24, 2.45) is 0 Å². The van der Waals surface area contributed by atoms with Gasteiger partial charge in [0.25, 0.3) is 0 Å². The van der Waals surface area contributed by atoms with Gasteiger partial charge < -0.3 is 9.46 Å². The van der Waals surface area contributed by atoms with E-state index >= 15 is 0 Å². The van der Waals surface area contributed by atoms with Gasteiger partial charge in [0.1, 0.15) is 5.75 Å². The van der Waals surface area contributed by atoms with Gasteiger partial charge in [0.2, 0.25) is 0 Å². The lowest BCUT2D eigenvalue weighted by Gasteiger charge is -2.29. The van der Waals surface area contributed by atoms with E-state index < -0.39 is 11.7 Å². The molecule has 0 aliphatic carbocycles. The molecular formula is C34H36ClF3N2OS. The summed E-state index contributed by atoms with van der Waals surface area (Å²) in [5, 5.41) is 0.201. The van der Waals surface area contributed by atoms with Gasteiger partial charge in [0.15, 0.2) is 0 Å². The first-order valence-corrected chi connectivity index (χ1v) is 15.3. The van der Waals surface area contributed by atoms with Crippen molar-refractivity contribution in [1.29, 1.82) is 0 Å². The van der Waals surface area contributed by atoms with Gasteiger partial charge in [-0.15, -0.1) is 0 Å². The lowest BCUT2D eigenvalue weighted by Crippen LogP contribution is -2.31. The van der Waals surface area contributed by atoms with Crippen LogP contribution in [0.15, 0.2) is 103 Å². The Morgan fingerprint density at radius 2 is 1.50 bits per heavy atom. The van der Waals surface area contributed by atoms with E-state index in [9.17, 15) is 13.2 Å². The Balaban J connectivity index is 1.52. The highest BCUT2D eigenvalue weighted by molar-refractivity contribution is 8.01. The first-order valence-electron chi connectivity index (χ1n) is 14.0. The largest absolute Gasteiger partial charge is 0.493 e. The van der Waals surface area contributed by atoms with Gasteiger partial charge in [-0.1, -0.05) is 104 Å². The molecule has 0 bridgehead atoms. The molecule has 222 valence electrons. The van der Waals surface area contributed by atoms with Gasteiger partial charge in [-0.2, -0.15) is 13.2 Å². The Morgan fingerprint density at radius 1 is 0.857 bits per heavy atom. The molecule has 0 saturated carbocycles. The Hall–Kier alpha value is -3.13. The van der Waals surface area contributed by atoms with Crippen molar-refractivity contribution in [2.75, 3.05) is 24.4 Å². The zero-order valence-electron chi connectivity index (χ0n) is 23.8. The minimum absolute atomic E-state index is 0.0269. The average Bonchev–Trinajstić information content (AvgIpc) is 2.98. The van der Waals surface area contributed by atoms with Crippen LogP contribution in [0.5, 0.6) is 5.75 Å². The molecule has 0 atom stereocenters. The maximum atomic E-state index is 13.6. The van der Waals surface area contributed by atoms with Crippen LogP contribution in [0.3, 0.4) is 0 Å². The number of nitrogens with one attached hydrogen (secondary N) is 1. The molecule has 4 rings (SSSR count). The van der Waals surface area contributed by atoms with Crippen LogP contribution in [0.25, 0.3) is 0 Å². The molecule has 4 aromatic rings. The van der Waals surface area contributed by atoms with E-state index in [4.69, 9.17) is 16.3 Å². The van der Waals surface area contributed by atoms with E-state index in [2.05, 4.69) is 47.7 Å². The third-order valence-electron chi connectivity index (χ3n) is 6.76. The van der Waals surface area contributed by atoms with Crippen LogP contribution in [0.4, 0.5) is 18.9 Å². The van der Waals surface area contributed by atoms with Crippen LogP contribution < -0.4 is 9.46 Å². The number of benzene rings is 4. The quantitative estimate of drug-likeness (QED) is 0.113. The maximum absolute atomic E-state index is 13.6. The number of halogens is 4. The number of nitrogens with zero attached hydrogens (tertiary/aromatic N) is 1. The summed E-state index contributed by atoms with van der Waals surface area (Å²) in [5.41, 5.74) is 2.90. The second-order valence-electron chi connectivity index (χ2n) is 10.4. The minimum Gasteiger partial charge on any atom is -0.493 e. The molecule has 1 N–H and O–H groups in total. The Kier molecular flexibility index (Phi) is 11.6. The lowest BCUT2D eigenvalue weighted by atomic mass is 9.90.